The first kappa shape index (κ1) is 21.5. The molecule has 0 bridgehead atoms. The second-order valence-corrected chi connectivity index (χ2v) is 9.29. The van der Waals surface area contributed by atoms with E-state index in [4.69, 9.17) is 0 Å². The van der Waals surface area contributed by atoms with E-state index in [1.165, 1.54) is 15.3 Å². The number of rotatable bonds is 7. The van der Waals surface area contributed by atoms with Crippen molar-refractivity contribution < 1.29 is 18.3 Å². The van der Waals surface area contributed by atoms with E-state index in [0.29, 0.717) is 30.8 Å². The number of piperidine rings is 1. The maximum atomic E-state index is 13.1. The molecule has 29 heavy (non-hydrogen) atoms. The van der Waals surface area contributed by atoms with Gasteiger partial charge in [-0.2, -0.15) is 4.31 Å². The van der Waals surface area contributed by atoms with Gasteiger partial charge in [0.05, 0.1) is 11.5 Å². The minimum absolute atomic E-state index is 0.163. The molecule has 0 saturated carbocycles. The molecule has 0 spiro atoms. The van der Waals surface area contributed by atoms with Gasteiger partial charge in [-0.15, -0.1) is 0 Å². The van der Waals surface area contributed by atoms with Crippen molar-refractivity contribution in [3.8, 4) is 0 Å². The van der Waals surface area contributed by atoms with Gasteiger partial charge < -0.3 is 10.0 Å². The van der Waals surface area contributed by atoms with E-state index in [1.807, 2.05) is 30.3 Å². The van der Waals surface area contributed by atoms with Gasteiger partial charge >= 0.3 is 0 Å². The predicted molar refractivity (Wildman–Crippen MR) is 112 cm³/mol. The van der Waals surface area contributed by atoms with Crippen molar-refractivity contribution in [1.29, 1.82) is 0 Å². The van der Waals surface area contributed by atoms with Crippen LogP contribution in [0.3, 0.4) is 0 Å². The summed E-state index contributed by atoms with van der Waals surface area (Å²) in [6.45, 7) is 3.15. The highest BCUT2D eigenvalue weighted by Gasteiger charge is 2.28. The lowest BCUT2D eigenvalue weighted by Crippen LogP contribution is -2.36. The Morgan fingerprint density at radius 2 is 1.76 bits per heavy atom. The van der Waals surface area contributed by atoms with Crippen LogP contribution in [-0.4, -0.2) is 54.9 Å². The summed E-state index contributed by atoms with van der Waals surface area (Å²) in [7, 11) is -3.63. The molecule has 2 aromatic rings. The topological polar surface area (TPSA) is 77.9 Å². The molecule has 0 radical (unpaired) electrons. The van der Waals surface area contributed by atoms with Crippen molar-refractivity contribution >= 4 is 15.9 Å². The monoisotopic (exact) mass is 416 g/mol. The molecule has 1 aliphatic heterocycles. The molecule has 0 aromatic heterocycles. The highest BCUT2D eigenvalue weighted by molar-refractivity contribution is 7.89. The van der Waals surface area contributed by atoms with Crippen molar-refractivity contribution in [2.24, 2.45) is 0 Å². The molecule has 2 aromatic carbocycles. The number of aryl methyl sites for hydroxylation is 1. The fourth-order valence-corrected chi connectivity index (χ4v) is 5.38. The van der Waals surface area contributed by atoms with Crippen LogP contribution in [0.25, 0.3) is 0 Å². The Morgan fingerprint density at radius 3 is 2.41 bits per heavy atom. The van der Waals surface area contributed by atoms with Crippen molar-refractivity contribution in [1.82, 2.24) is 9.21 Å². The molecule has 1 aliphatic rings. The van der Waals surface area contributed by atoms with E-state index in [0.717, 1.165) is 24.8 Å². The Labute approximate surface area is 172 Å². The summed E-state index contributed by atoms with van der Waals surface area (Å²) in [5, 5.41) is 9.41. The molecule has 0 unspecified atom stereocenters. The number of carbonyl (C=O) groups is 1. The average molecular weight is 417 g/mol. The van der Waals surface area contributed by atoms with E-state index in [2.05, 4.69) is 0 Å². The minimum Gasteiger partial charge on any atom is -0.395 e. The van der Waals surface area contributed by atoms with Crippen LogP contribution in [0.5, 0.6) is 0 Å². The Balaban J connectivity index is 1.89. The van der Waals surface area contributed by atoms with E-state index < -0.39 is 10.0 Å². The molecular weight excluding hydrogens is 388 g/mol. The quantitative estimate of drug-likeness (QED) is 0.753. The molecule has 1 N–H and O–H groups in total. The number of benzene rings is 2. The zero-order chi connectivity index (χ0) is 20.9. The van der Waals surface area contributed by atoms with Gasteiger partial charge in [0, 0.05) is 31.7 Å². The fraction of sp³-hybridized carbons (Fsp3) is 0.409. The highest BCUT2D eigenvalue weighted by atomic mass is 32.2. The number of amides is 1. The molecule has 3 rings (SSSR count). The molecule has 156 valence electrons. The zero-order valence-corrected chi connectivity index (χ0v) is 17.6. The normalized spacial score (nSPS) is 15.2. The number of aliphatic hydroxyl groups is 1. The van der Waals surface area contributed by atoms with Crippen LogP contribution in [0.4, 0.5) is 0 Å². The summed E-state index contributed by atoms with van der Waals surface area (Å²) in [6.07, 6.45) is 2.76. The Bertz CT molecular complexity index is 939. The Kier molecular flexibility index (Phi) is 7.05. The molecule has 1 saturated heterocycles. The molecule has 7 heteroatoms. The third kappa shape index (κ3) is 5.04. The zero-order valence-electron chi connectivity index (χ0n) is 16.8. The minimum atomic E-state index is -3.63. The summed E-state index contributed by atoms with van der Waals surface area (Å²) < 4.78 is 27.8. The van der Waals surface area contributed by atoms with Gasteiger partial charge in [-0.3, -0.25) is 4.79 Å². The first-order valence-corrected chi connectivity index (χ1v) is 11.4. The number of sulfonamides is 1. The van der Waals surface area contributed by atoms with Gasteiger partial charge in [-0.1, -0.05) is 42.8 Å². The SMILES string of the molecule is Cc1ccc(C(=O)N(CCO)Cc2ccccc2)cc1S(=O)(=O)N1CCCCC1. The highest BCUT2D eigenvalue weighted by Crippen LogP contribution is 2.25. The first-order chi connectivity index (χ1) is 13.9. The standard InChI is InChI=1S/C22H28N2O4S/c1-18-10-11-20(16-21(18)29(27,28)24-12-6-3-7-13-24)22(26)23(14-15-25)17-19-8-4-2-5-9-19/h2,4-5,8-11,16,25H,3,6-7,12-15,17H2,1H3. The van der Waals surface area contributed by atoms with Gasteiger partial charge in [0.25, 0.3) is 5.91 Å². The van der Waals surface area contributed by atoms with Crippen LogP contribution in [0, 0.1) is 6.92 Å². The maximum Gasteiger partial charge on any atom is 0.254 e. The van der Waals surface area contributed by atoms with Crippen molar-refractivity contribution in [3.63, 3.8) is 0 Å². The molecule has 0 aliphatic carbocycles. The Morgan fingerprint density at radius 1 is 1.07 bits per heavy atom. The van der Waals surface area contributed by atoms with Crippen LogP contribution in [0.2, 0.25) is 0 Å². The van der Waals surface area contributed by atoms with Gasteiger partial charge in [-0.25, -0.2) is 8.42 Å². The van der Waals surface area contributed by atoms with Crippen LogP contribution in [0.15, 0.2) is 53.4 Å². The van der Waals surface area contributed by atoms with Gasteiger partial charge in [0.15, 0.2) is 0 Å². The average Bonchev–Trinajstić information content (AvgIpc) is 2.74. The molecule has 0 atom stereocenters. The van der Waals surface area contributed by atoms with Crippen LogP contribution >= 0.6 is 0 Å². The van der Waals surface area contributed by atoms with E-state index in [-0.39, 0.29) is 24.0 Å². The lowest BCUT2D eigenvalue weighted by atomic mass is 10.1. The Hall–Kier alpha value is -2.22. The number of hydrogen-bond acceptors (Lipinski definition) is 4. The maximum absolute atomic E-state index is 13.1. The van der Waals surface area contributed by atoms with E-state index >= 15 is 0 Å². The van der Waals surface area contributed by atoms with Crippen LogP contribution < -0.4 is 0 Å². The van der Waals surface area contributed by atoms with E-state index in [9.17, 15) is 18.3 Å². The summed E-state index contributed by atoms with van der Waals surface area (Å²) in [6, 6.07) is 14.3. The largest absolute Gasteiger partial charge is 0.395 e. The summed E-state index contributed by atoms with van der Waals surface area (Å²) in [5.74, 6) is -0.294. The van der Waals surface area contributed by atoms with Gasteiger partial charge in [0.1, 0.15) is 0 Å². The summed E-state index contributed by atoms with van der Waals surface area (Å²) >= 11 is 0. The van der Waals surface area contributed by atoms with Gasteiger partial charge in [0.2, 0.25) is 10.0 Å². The number of nitrogens with zero attached hydrogens (tertiary/aromatic N) is 2. The van der Waals surface area contributed by atoms with Crippen molar-refractivity contribution in [2.75, 3.05) is 26.2 Å². The van der Waals surface area contributed by atoms with Crippen molar-refractivity contribution in [2.45, 2.75) is 37.6 Å². The molecular formula is C22H28N2O4S. The van der Waals surface area contributed by atoms with Crippen molar-refractivity contribution in [3.05, 3.63) is 65.2 Å². The molecule has 1 fully saturated rings. The van der Waals surface area contributed by atoms with Crippen LogP contribution in [-0.2, 0) is 16.6 Å². The molecule has 1 heterocycles. The number of aliphatic hydroxyl groups excluding tert-OH is 1. The molecule has 1 amide bonds. The summed E-state index contributed by atoms with van der Waals surface area (Å²) in [4.78, 5) is 14.8. The number of carbonyl (C=O) groups excluding carboxylic acids is 1. The van der Waals surface area contributed by atoms with Gasteiger partial charge in [-0.05, 0) is 43.0 Å². The second kappa shape index (κ2) is 9.52. The van der Waals surface area contributed by atoms with Crippen LogP contribution in [0.1, 0.15) is 40.7 Å². The lowest BCUT2D eigenvalue weighted by molar-refractivity contribution is 0.0707. The third-order valence-corrected chi connectivity index (χ3v) is 7.28. The van der Waals surface area contributed by atoms with E-state index in [1.54, 1.807) is 19.1 Å². The summed E-state index contributed by atoms with van der Waals surface area (Å²) in [5.41, 5.74) is 1.89. The second-order valence-electron chi connectivity index (χ2n) is 7.38. The third-order valence-electron chi connectivity index (χ3n) is 5.24. The number of hydrogen-bond donors (Lipinski definition) is 1. The fourth-order valence-electron chi connectivity index (χ4n) is 3.61. The predicted octanol–water partition coefficient (Wildman–Crippen LogP) is 2.80. The smallest absolute Gasteiger partial charge is 0.254 e. The lowest BCUT2D eigenvalue weighted by Gasteiger charge is -2.27. The molecule has 6 nitrogen and oxygen atoms in total. The first-order valence-electron chi connectivity index (χ1n) is 9.98.